The molecule has 0 spiro atoms. The Labute approximate surface area is 198 Å². The second-order valence-electron chi connectivity index (χ2n) is 7.10. The van der Waals surface area contributed by atoms with Crippen molar-refractivity contribution in [3.05, 3.63) is 71.3 Å². The first kappa shape index (κ1) is 25.0. The Morgan fingerprint density at radius 1 is 1.10 bits per heavy atom. The molecule has 31 heavy (non-hydrogen) atoms. The van der Waals surface area contributed by atoms with E-state index in [0.29, 0.717) is 32.1 Å². The SMILES string of the molecule is CN=C(NCCNC(=O)c1ccccc1F)N1CC(C)OC(c2ccc(F)cc2)C1.I. The fourth-order valence-corrected chi connectivity index (χ4v) is 3.41. The van der Waals surface area contributed by atoms with Crippen LogP contribution in [-0.2, 0) is 4.74 Å². The molecule has 2 unspecified atom stereocenters. The van der Waals surface area contributed by atoms with Gasteiger partial charge in [-0.05, 0) is 36.8 Å². The third-order valence-corrected chi connectivity index (χ3v) is 4.83. The predicted molar refractivity (Wildman–Crippen MR) is 127 cm³/mol. The Hall–Kier alpha value is -2.27. The number of hydrogen-bond acceptors (Lipinski definition) is 3. The van der Waals surface area contributed by atoms with Crippen LogP contribution in [0.2, 0.25) is 0 Å². The van der Waals surface area contributed by atoms with Crippen LogP contribution in [0.3, 0.4) is 0 Å². The molecule has 1 aliphatic heterocycles. The molecule has 1 amide bonds. The van der Waals surface area contributed by atoms with Gasteiger partial charge in [0.05, 0.1) is 18.2 Å². The lowest BCUT2D eigenvalue weighted by molar-refractivity contribution is -0.0604. The van der Waals surface area contributed by atoms with E-state index in [0.717, 1.165) is 5.56 Å². The van der Waals surface area contributed by atoms with E-state index in [1.807, 2.05) is 6.92 Å². The van der Waals surface area contributed by atoms with Crippen molar-refractivity contribution in [2.75, 3.05) is 33.2 Å². The van der Waals surface area contributed by atoms with E-state index in [2.05, 4.69) is 20.5 Å². The van der Waals surface area contributed by atoms with Crippen molar-refractivity contribution in [3.63, 3.8) is 0 Å². The second-order valence-corrected chi connectivity index (χ2v) is 7.10. The monoisotopic (exact) mass is 544 g/mol. The van der Waals surface area contributed by atoms with Crippen molar-refractivity contribution < 1.29 is 18.3 Å². The highest BCUT2D eigenvalue weighted by Gasteiger charge is 2.28. The van der Waals surface area contributed by atoms with E-state index in [1.54, 1.807) is 31.3 Å². The number of nitrogens with one attached hydrogen (secondary N) is 2. The van der Waals surface area contributed by atoms with E-state index in [-0.39, 0.29) is 47.6 Å². The molecule has 1 heterocycles. The zero-order valence-electron chi connectivity index (χ0n) is 17.5. The summed E-state index contributed by atoms with van der Waals surface area (Å²) in [6.45, 7) is 3.94. The molecule has 168 valence electrons. The van der Waals surface area contributed by atoms with Crippen LogP contribution in [0.1, 0.15) is 28.9 Å². The van der Waals surface area contributed by atoms with E-state index >= 15 is 0 Å². The minimum Gasteiger partial charge on any atom is -0.367 e. The summed E-state index contributed by atoms with van der Waals surface area (Å²) < 4.78 is 32.9. The van der Waals surface area contributed by atoms with Crippen LogP contribution in [0.15, 0.2) is 53.5 Å². The molecule has 1 aliphatic rings. The Morgan fingerprint density at radius 2 is 1.77 bits per heavy atom. The maximum atomic E-state index is 13.7. The van der Waals surface area contributed by atoms with Crippen LogP contribution in [0, 0.1) is 11.6 Å². The van der Waals surface area contributed by atoms with E-state index in [4.69, 9.17) is 4.74 Å². The van der Waals surface area contributed by atoms with Gasteiger partial charge in [-0.3, -0.25) is 9.79 Å². The molecule has 2 aromatic rings. The highest BCUT2D eigenvalue weighted by Crippen LogP contribution is 2.25. The van der Waals surface area contributed by atoms with Crippen molar-refractivity contribution in [2.24, 2.45) is 4.99 Å². The molecule has 1 fully saturated rings. The molecule has 2 aromatic carbocycles. The van der Waals surface area contributed by atoms with Gasteiger partial charge in [0.1, 0.15) is 17.7 Å². The van der Waals surface area contributed by atoms with E-state index in [1.165, 1.54) is 24.3 Å². The number of halogens is 3. The van der Waals surface area contributed by atoms with Gasteiger partial charge in [0.15, 0.2) is 5.96 Å². The quantitative estimate of drug-likeness (QED) is 0.263. The average molecular weight is 544 g/mol. The van der Waals surface area contributed by atoms with Crippen molar-refractivity contribution in [1.29, 1.82) is 0 Å². The summed E-state index contributed by atoms with van der Waals surface area (Å²) in [4.78, 5) is 18.5. The summed E-state index contributed by atoms with van der Waals surface area (Å²) in [5.41, 5.74) is 0.923. The normalized spacial score (nSPS) is 18.8. The third kappa shape index (κ3) is 6.86. The van der Waals surface area contributed by atoms with Gasteiger partial charge in [-0.1, -0.05) is 24.3 Å². The molecule has 2 atom stereocenters. The Morgan fingerprint density at radius 3 is 2.45 bits per heavy atom. The lowest BCUT2D eigenvalue weighted by Crippen LogP contribution is -2.51. The van der Waals surface area contributed by atoms with Crippen LogP contribution >= 0.6 is 24.0 Å². The average Bonchev–Trinajstić information content (AvgIpc) is 2.74. The highest BCUT2D eigenvalue weighted by atomic mass is 127. The second kappa shape index (κ2) is 11.9. The Bertz CT molecular complexity index is 895. The first-order chi connectivity index (χ1) is 14.5. The smallest absolute Gasteiger partial charge is 0.254 e. The Kier molecular flexibility index (Phi) is 9.63. The van der Waals surface area contributed by atoms with Crippen LogP contribution in [0.4, 0.5) is 8.78 Å². The maximum Gasteiger partial charge on any atom is 0.254 e. The van der Waals surface area contributed by atoms with Gasteiger partial charge in [0.25, 0.3) is 5.91 Å². The summed E-state index contributed by atoms with van der Waals surface area (Å²) in [5, 5.41) is 5.91. The number of morpholine rings is 1. The summed E-state index contributed by atoms with van der Waals surface area (Å²) >= 11 is 0. The topological polar surface area (TPSA) is 66.0 Å². The van der Waals surface area contributed by atoms with Crippen LogP contribution in [-0.4, -0.2) is 56.1 Å². The zero-order valence-corrected chi connectivity index (χ0v) is 19.8. The molecule has 3 rings (SSSR count). The lowest BCUT2D eigenvalue weighted by Gasteiger charge is -2.38. The van der Waals surface area contributed by atoms with Gasteiger partial charge in [-0.2, -0.15) is 0 Å². The minimum atomic E-state index is -0.548. The van der Waals surface area contributed by atoms with Crippen molar-refractivity contribution in [3.8, 4) is 0 Å². The molecule has 9 heteroatoms. The first-order valence-electron chi connectivity index (χ1n) is 9.87. The predicted octanol–water partition coefficient (Wildman–Crippen LogP) is 3.35. The number of aliphatic imine (C=N–C) groups is 1. The number of nitrogens with zero attached hydrogens (tertiary/aromatic N) is 2. The number of carbonyl (C=O) groups is 1. The fraction of sp³-hybridized carbons (Fsp3) is 0.364. The molecule has 0 saturated carbocycles. The van der Waals surface area contributed by atoms with Gasteiger partial charge in [0.2, 0.25) is 0 Å². The highest BCUT2D eigenvalue weighted by molar-refractivity contribution is 14.0. The molecule has 6 nitrogen and oxygen atoms in total. The third-order valence-electron chi connectivity index (χ3n) is 4.83. The molecule has 0 radical (unpaired) electrons. The van der Waals surface area contributed by atoms with Gasteiger partial charge >= 0.3 is 0 Å². The van der Waals surface area contributed by atoms with Crippen LogP contribution in [0.25, 0.3) is 0 Å². The number of rotatable bonds is 5. The molecule has 2 N–H and O–H groups in total. The van der Waals surface area contributed by atoms with Gasteiger partial charge < -0.3 is 20.3 Å². The zero-order chi connectivity index (χ0) is 21.5. The summed E-state index contributed by atoms with van der Waals surface area (Å²) in [7, 11) is 1.69. The molecule has 0 bridgehead atoms. The fourth-order valence-electron chi connectivity index (χ4n) is 3.41. The van der Waals surface area contributed by atoms with Crippen LogP contribution < -0.4 is 10.6 Å². The standard InChI is InChI=1S/C22H26F2N4O2.HI/c1-15-13-28(14-20(30-15)16-7-9-17(23)10-8-16)22(25-2)27-12-11-26-21(29)18-5-3-4-6-19(18)24;/h3-10,15,20H,11-14H2,1-2H3,(H,25,27)(H,26,29);1H. The van der Waals surface area contributed by atoms with Crippen LogP contribution in [0.5, 0.6) is 0 Å². The number of guanidine groups is 1. The molecular weight excluding hydrogens is 517 g/mol. The van der Waals surface area contributed by atoms with Gasteiger partial charge in [-0.25, -0.2) is 8.78 Å². The lowest BCUT2D eigenvalue weighted by atomic mass is 10.1. The maximum absolute atomic E-state index is 13.7. The van der Waals surface area contributed by atoms with Crippen molar-refractivity contribution in [1.82, 2.24) is 15.5 Å². The molecular formula is C22H27F2IN4O2. The number of hydrogen-bond donors (Lipinski definition) is 2. The summed E-state index contributed by atoms with van der Waals surface area (Å²) in [5.74, 6) is -0.610. The van der Waals surface area contributed by atoms with E-state index < -0.39 is 11.7 Å². The number of amides is 1. The van der Waals surface area contributed by atoms with Crippen molar-refractivity contribution in [2.45, 2.75) is 19.1 Å². The minimum absolute atomic E-state index is 0. The molecule has 1 saturated heterocycles. The largest absolute Gasteiger partial charge is 0.367 e. The number of ether oxygens (including phenoxy) is 1. The van der Waals surface area contributed by atoms with Gasteiger partial charge in [-0.15, -0.1) is 24.0 Å². The number of carbonyl (C=O) groups excluding carboxylic acids is 1. The summed E-state index contributed by atoms with van der Waals surface area (Å²) in [6.07, 6.45) is -0.234. The van der Waals surface area contributed by atoms with Crippen molar-refractivity contribution >= 4 is 35.8 Å². The number of benzene rings is 2. The Balaban J connectivity index is 0.00000341. The molecule has 0 aliphatic carbocycles. The molecule has 0 aromatic heterocycles. The first-order valence-corrected chi connectivity index (χ1v) is 9.87. The van der Waals surface area contributed by atoms with E-state index in [9.17, 15) is 13.6 Å². The van der Waals surface area contributed by atoms with Gasteiger partial charge in [0, 0.05) is 26.7 Å². The summed E-state index contributed by atoms with van der Waals surface area (Å²) in [6, 6.07) is 12.2.